The highest BCUT2D eigenvalue weighted by atomic mass is 35.6. The molecule has 0 aromatic heterocycles. The average molecular weight is 333 g/mol. The number of halogens is 5. The number of nitrogens with two attached hydrogens (primary N) is 1. The maximum Gasteiger partial charge on any atom is 0.321 e. The number of alkyl halides is 3. The lowest BCUT2D eigenvalue weighted by molar-refractivity contribution is -0.137. The van der Waals surface area contributed by atoms with Crippen LogP contribution >= 0.6 is 69.8 Å². The van der Waals surface area contributed by atoms with Gasteiger partial charge in [-0.05, 0) is 0 Å². The summed E-state index contributed by atoms with van der Waals surface area (Å²) in [5.74, 6) is -1.11. The predicted molar refractivity (Wildman–Crippen MR) is 67.1 cm³/mol. The largest absolute Gasteiger partial charge is 0.480 e. The first kappa shape index (κ1) is 16.0. The number of carboxylic acids is 1. The lowest BCUT2D eigenvalue weighted by Crippen LogP contribution is -2.32. The summed E-state index contributed by atoms with van der Waals surface area (Å²) in [6.45, 7) is 0. The van der Waals surface area contributed by atoms with Crippen LogP contribution in [0, 0.1) is 0 Å². The average Bonchev–Trinajstić information content (AvgIpc) is 2.10. The summed E-state index contributed by atoms with van der Waals surface area (Å²) in [4.78, 5) is 10.4. The third kappa shape index (κ3) is 6.31. The van der Waals surface area contributed by atoms with E-state index in [-0.39, 0.29) is 15.1 Å². The fourth-order valence-corrected chi connectivity index (χ4v) is 2.25. The Morgan fingerprint density at radius 2 is 1.87 bits per heavy atom. The quantitative estimate of drug-likeness (QED) is 0.776. The predicted octanol–water partition coefficient (Wildman–Crippen LogP) is 3.15. The molecule has 0 radical (unpaired) electrons. The van der Waals surface area contributed by atoms with Gasteiger partial charge in [-0.2, -0.15) is 0 Å². The molecule has 3 N–H and O–H groups in total. The smallest absolute Gasteiger partial charge is 0.321 e. The van der Waals surface area contributed by atoms with E-state index in [2.05, 4.69) is 0 Å². The van der Waals surface area contributed by atoms with Crippen molar-refractivity contribution in [3.63, 3.8) is 0 Å². The number of carboxylic acid groups (broad SMARTS) is 1. The maximum absolute atomic E-state index is 10.4. The first-order valence-corrected chi connectivity index (χ1v) is 6.27. The van der Waals surface area contributed by atoms with E-state index in [4.69, 9.17) is 68.8 Å². The zero-order valence-corrected chi connectivity index (χ0v) is 11.6. The number of hydrogen-bond donors (Lipinski definition) is 2. The van der Waals surface area contributed by atoms with E-state index in [0.717, 1.165) is 11.8 Å². The van der Waals surface area contributed by atoms with Gasteiger partial charge in [0.05, 0.1) is 9.40 Å². The van der Waals surface area contributed by atoms with Gasteiger partial charge in [-0.1, -0.05) is 58.0 Å². The summed E-state index contributed by atoms with van der Waals surface area (Å²) >= 11 is 28.5. The van der Waals surface area contributed by atoms with Crippen molar-refractivity contribution in [1.29, 1.82) is 0 Å². The third-order valence-corrected chi connectivity index (χ3v) is 4.17. The number of hydrogen-bond acceptors (Lipinski definition) is 3. The maximum atomic E-state index is 10.4. The fraction of sp³-hybridized carbons (Fsp3) is 0.500. The molecule has 0 spiro atoms. The molecule has 1 atom stereocenters. The van der Waals surface area contributed by atoms with E-state index in [0.29, 0.717) is 0 Å². The van der Waals surface area contributed by atoms with Crippen LogP contribution in [0.25, 0.3) is 0 Å². The summed E-state index contributed by atoms with van der Waals surface area (Å²) in [6, 6.07) is -1.05. The van der Waals surface area contributed by atoms with Crippen LogP contribution in [0.4, 0.5) is 0 Å². The van der Waals surface area contributed by atoms with E-state index in [1.54, 1.807) is 0 Å². The second kappa shape index (κ2) is 6.64. The molecule has 0 aromatic carbocycles. The fourth-order valence-electron chi connectivity index (χ4n) is 0.409. The van der Waals surface area contributed by atoms with Gasteiger partial charge in [0.2, 0.25) is 3.79 Å². The lowest BCUT2D eigenvalue weighted by Gasteiger charge is -2.12. The zero-order valence-electron chi connectivity index (χ0n) is 7.02. The minimum atomic E-state index is -1.82. The van der Waals surface area contributed by atoms with Crippen molar-refractivity contribution in [3.8, 4) is 0 Å². The molecule has 0 rings (SSSR count). The number of carbonyl (C=O) groups is 1. The Hall–Kier alpha value is 0.970. The van der Waals surface area contributed by atoms with Crippen LogP contribution in [0.15, 0.2) is 9.40 Å². The van der Waals surface area contributed by atoms with Crippen molar-refractivity contribution < 1.29 is 9.90 Å². The number of thioether (sulfide) groups is 1. The molecule has 0 aliphatic rings. The van der Waals surface area contributed by atoms with Gasteiger partial charge in [-0.3, -0.25) is 4.79 Å². The summed E-state index contributed by atoms with van der Waals surface area (Å²) in [5.41, 5.74) is 5.23. The van der Waals surface area contributed by atoms with E-state index < -0.39 is 15.8 Å². The van der Waals surface area contributed by atoms with E-state index >= 15 is 0 Å². The molecule has 0 heterocycles. The Balaban J connectivity index is 4.37. The van der Waals surface area contributed by atoms with Gasteiger partial charge in [0.25, 0.3) is 0 Å². The van der Waals surface area contributed by atoms with Gasteiger partial charge >= 0.3 is 5.97 Å². The SMILES string of the molecule is N[C@@H](CS/C(Cl)=C(/Cl)C(Cl)(Cl)Cl)C(=O)O. The summed E-state index contributed by atoms with van der Waals surface area (Å²) < 4.78 is -1.81. The molecule has 0 unspecified atom stereocenters. The van der Waals surface area contributed by atoms with Gasteiger partial charge in [0.15, 0.2) is 0 Å². The highest BCUT2D eigenvalue weighted by Gasteiger charge is 2.28. The molecule has 0 aliphatic carbocycles. The van der Waals surface area contributed by atoms with Crippen molar-refractivity contribution in [2.75, 3.05) is 5.75 Å². The topological polar surface area (TPSA) is 63.3 Å². The minimum Gasteiger partial charge on any atom is -0.480 e. The van der Waals surface area contributed by atoms with Crippen LogP contribution in [-0.4, -0.2) is 26.7 Å². The molecule has 0 amide bonds. The van der Waals surface area contributed by atoms with Crippen molar-refractivity contribution in [3.05, 3.63) is 9.40 Å². The van der Waals surface area contributed by atoms with Gasteiger partial charge in [0.1, 0.15) is 6.04 Å². The first-order valence-electron chi connectivity index (χ1n) is 3.40. The van der Waals surface area contributed by atoms with Crippen LogP contribution in [-0.2, 0) is 4.79 Å². The van der Waals surface area contributed by atoms with Gasteiger partial charge < -0.3 is 10.8 Å². The second-order valence-corrected chi connectivity index (χ2v) is 6.63. The highest BCUT2D eigenvalue weighted by Crippen LogP contribution is 2.42. The Kier molecular flexibility index (Phi) is 7.07. The molecule has 0 saturated carbocycles. The molecule has 0 bridgehead atoms. The van der Waals surface area contributed by atoms with Gasteiger partial charge in [0, 0.05) is 5.75 Å². The molecule has 88 valence electrons. The number of allylic oxidation sites excluding steroid dienone is 1. The Morgan fingerprint density at radius 1 is 1.40 bits per heavy atom. The van der Waals surface area contributed by atoms with Crippen LogP contribution in [0.1, 0.15) is 0 Å². The molecule has 0 saturated heterocycles. The molecule has 3 nitrogen and oxygen atoms in total. The van der Waals surface area contributed by atoms with E-state index in [9.17, 15) is 4.79 Å². The first-order chi connectivity index (χ1) is 6.66. The Labute approximate surface area is 116 Å². The molecular formula is C6H6Cl5NO2S. The Bertz CT molecular complexity index is 277. The highest BCUT2D eigenvalue weighted by molar-refractivity contribution is 8.04. The molecule has 0 fully saturated rings. The monoisotopic (exact) mass is 331 g/mol. The number of rotatable bonds is 4. The zero-order chi connectivity index (χ0) is 12.2. The summed E-state index contributed by atoms with van der Waals surface area (Å²) in [5, 5.41) is 8.30. The van der Waals surface area contributed by atoms with Gasteiger partial charge in [-0.15, -0.1) is 11.8 Å². The normalized spacial score (nSPS) is 15.9. The molecular weight excluding hydrogens is 327 g/mol. The van der Waals surface area contributed by atoms with Crippen LogP contribution in [0.3, 0.4) is 0 Å². The van der Waals surface area contributed by atoms with Crippen molar-refractivity contribution in [1.82, 2.24) is 0 Å². The van der Waals surface area contributed by atoms with E-state index in [1.807, 2.05) is 0 Å². The standard InChI is InChI=1S/C6H6Cl5NO2S/c7-3(6(9,10)11)4(8)15-1-2(12)5(13)14/h2H,1,12H2,(H,13,14)/b4-3+/t2-/m0/s1. The van der Waals surface area contributed by atoms with Crippen molar-refractivity contribution >= 4 is 75.7 Å². The van der Waals surface area contributed by atoms with Crippen LogP contribution in [0.2, 0.25) is 0 Å². The second-order valence-electron chi connectivity index (χ2n) is 2.34. The van der Waals surface area contributed by atoms with E-state index in [1.165, 1.54) is 0 Å². The third-order valence-electron chi connectivity index (χ3n) is 1.13. The van der Waals surface area contributed by atoms with Crippen LogP contribution in [0.5, 0.6) is 0 Å². The Morgan fingerprint density at radius 3 is 2.20 bits per heavy atom. The lowest BCUT2D eigenvalue weighted by atomic mass is 10.4. The summed E-state index contributed by atoms with van der Waals surface area (Å²) in [7, 11) is 0. The molecule has 0 aromatic rings. The van der Waals surface area contributed by atoms with Gasteiger partial charge in [-0.25, -0.2) is 0 Å². The minimum absolute atomic E-state index is 0.00775. The number of aliphatic carboxylic acids is 1. The molecule has 0 aliphatic heterocycles. The van der Waals surface area contributed by atoms with Crippen molar-refractivity contribution in [2.45, 2.75) is 9.83 Å². The summed E-state index contributed by atoms with van der Waals surface area (Å²) in [6.07, 6.45) is 0. The van der Waals surface area contributed by atoms with Crippen LogP contribution < -0.4 is 5.73 Å². The molecule has 15 heavy (non-hydrogen) atoms. The molecule has 9 heteroatoms. The van der Waals surface area contributed by atoms with Crippen molar-refractivity contribution in [2.24, 2.45) is 5.73 Å².